The molecule has 0 spiro atoms. The normalized spacial score (nSPS) is 23.5. The molecule has 1 aromatic carbocycles. The smallest absolute Gasteiger partial charge is 0.225 e. The minimum Gasteiger partial charge on any atom is -0.399 e. The molecular formula is C15H23N3O2. The van der Waals surface area contributed by atoms with E-state index in [9.17, 15) is 9.90 Å². The molecule has 2 atom stereocenters. The van der Waals surface area contributed by atoms with Crippen molar-refractivity contribution in [2.24, 2.45) is 5.92 Å². The van der Waals surface area contributed by atoms with E-state index in [0.717, 1.165) is 31.7 Å². The summed E-state index contributed by atoms with van der Waals surface area (Å²) in [5.41, 5.74) is 7.05. The van der Waals surface area contributed by atoms with Gasteiger partial charge in [-0.05, 0) is 36.6 Å². The lowest BCUT2D eigenvalue weighted by molar-refractivity contribution is -0.116. The van der Waals surface area contributed by atoms with E-state index < -0.39 is 0 Å². The molecule has 1 heterocycles. The number of nitrogen functional groups attached to an aromatic ring is 1. The Kier molecular flexibility index (Phi) is 4.98. The summed E-state index contributed by atoms with van der Waals surface area (Å²) in [6.45, 7) is 4.50. The molecule has 4 N–H and O–H groups in total. The van der Waals surface area contributed by atoms with Crippen molar-refractivity contribution in [3.8, 4) is 0 Å². The first-order valence-corrected chi connectivity index (χ1v) is 7.10. The number of hydrogen-bond acceptors (Lipinski definition) is 4. The van der Waals surface area contributed by atoms with Crippen LogP contribution in [0.3, 0.4) is 0 Å². The van der Waals surface area contributed by atoms with Crippen LogP contribution in [-0.2, 0) is 4.79 Å². The summed E-state index contributed by atoms with van der Waals surface area (Å²) in [6, 6.07) is 7.13. The van der Waals surface area contributed by atoms with Crippen LogP contribution in [0.5, 0.6) is 0 Å². The highest BCUT2D eigenvalue weighted by Crippen LogP contribution is 2.17. The first-order chi connectivity index (χ1) is 9.54. The second-order valence-corrected chi connectivity index (χ2v) is 5.55. The van der Waals surface area contributed by atoms with Gasteiger partial charge in [0, 0.05) is 37.4 Å². The monoisotopic (exact) mass is 277 g/mol. The Morgan fingerprint density at radius 3 is 2.80 bits per heavy atom. The van der Waals surface area contributed by atoms with Crippen molar-refractivity contribution in [1.29, 1.82) is 0 Å². The van der Waals surface area contributed by atoms with Crippen LogP contribution in [0.4, 0.5) is 11.4 Å². The van der Waals surface area contributed by atoms with Gasteiger partial charge in [0.1, 0.15) is 0 Å². The SMILES string of the molecule is CC1CN(CCC(=O)Nc2ccc(N)cc2)CCC1O. The summed E-state index contributed by atoms with van der Waals surface area (Å²) < 4.78 is 0. The van der Waals surface area contributed by atoms with Crippen LogP contribution < -0.4 is 11.1 Å². The van der Waals surface area contributed by atoms with E-state index in [1.165, 1.54) is 0 Å². The van der Waals surface area contributed by atoms with Crippen LogP contribution in [0.1, 0.15) is 19.8 Å². The maximum Gasteiger partial charge on any atom is 0.225 e. The number of aliphatic hydroxyl groups excluding tert-OH is 1. The van der Waals surface area contributed by atoms with Crippen molar-refractivity contribution >= 4 is 17.3 Å². The van der Waals surface area contributed by atoms with Gasteiger partial charge in [0.05, 0.1) is 6.10 Å². The van der Waals surface area contributed by atoms with E-state index in [-0.39, 0.29) is 17.9 Å². The largest absolute Gasteiger partial charge is 0.399 e. The lowest BCUT2D eigenvalue weighted by atomic mass is 9.97. The van der Waals surface area contributed by atoms with E-state index in [2.05, 4.69) is 10.2 Å². The Morgan fingerprint density at radius 2 is 2.15 bits per heavy atom. The lowest BCUT2D eigenvalue weighted by Gasteiger charge is -2.34. The van der Waals surface area contributed by atoms with Crippen LogP contribution in [0, 0.1) is 5.92 Å². The van der Waals surface area contributed by atoms with Crippen molar-refractivity contribution < 1.29 is 9.90 Å². The fraction of sp³-hybridized carbons (Fsp3) is 0.533. The molecule has 1 aliphatic heterocycles. The third-order valence-corrected chi connectivity index (χ3v) is 3.79. The van der Waals surface area contributed by atoms with Gasteiger partial charge in [0.2, 0.25) is 5.91 Å². The van der Waals surface area contributed by atoms with Gasteiger partial charge in [-0.2, -0.15) is 0 Å². The van der Waals surface area contributed by atoms with Gasteiger partial charge < -0.3 is 21.1 Å². The van der Waals surface area contributed by atoms with E-state index in [1.807, 2.05) is 6.92 Å². The molecule has 5 nitrogen and oxygen atoms in total. The number of nitrogens with one attached hydrogen (secondary N) is 1. The average Bonchev–Trinajstić information content (AvgIpc) is 2.43. The first kappa shape index (κ1) is 14.8. The number of piperidine rings is 1. The van der Waals surface area contributed by atoms with Gasteiger partial charge in [0.25, 0.3) is 0 Å². The molecule has 0 saturated carbocycles. The number of benzene rings is 1. The quantitative estimate of drug-likeness (QED) is 0.725. The fourth-order valence-corrected chi connectivity index (χ4v) is 2.47. The number of amides is 1. The predicted octanol–water partition coefficient (Wildman–Crippen LogP) is 1.30. The molecule has 0 aromatic heterocycles. The van der Waals surface area contributed by atoms with Crippen molar-refractivity contribution in [1.82, 2.24) is 4.90 Å². The number of nitrogens with zero attached hydrogens (tertiary/aromatic N) is 1. The molecule has 1 saturated heterocycles. The van der Waals surface area contributed by atoms with Gasteiger partial charge >= 0.3 is 0 Å². The molecule has 0 bridgehead atoms. The highest BCUT2D eigenvalue weighted by molar-refractivity contribution is 5.90. The molecule has 1 fully saturated rings. The second-order valence-electron chi connectivity index (χ2n) is 5.55. The lowest BCUT2D eigenvalue weighted by Crippen LogP contribution is -2.42. The van der Waals surface area contributed by atoms with E-state index in [4.69, 9.17) is 5.73 Å². The van der Waals surface area contributed by atoms with Gasteiger partial charge in [-0.15, -0.1) is 0 Å². The topological polar surface area (TPSA) is 78.6 Å². The molecule has 110 valence electrons. The zero-order valence-corrected chi connectivity index (χ0v) is 11.9. The first-order valence-electron chi connectivity index (χ1n) is 7.10. The Labute approximate surface area is 119 Å². The predicted molar refractivity (Wildman–Crippen MR) is 80.3 cm³/mol. The van der Waals surface area contributed by atoms with Crippen LogP contribution >= 0.6 is 0 Å². The number of aliphatic hydroxyl groups is 1. The van der Waals surface area contributed by atoms with Crippen LogP contribution in [-0.4, -0.2) is 41.7 Å². The zero-order valence-electron chi connectivity index (χ0n) is 11.9. The van der Waals surface area contributed by atoms with Gasteiger partial charge in [0.15, 0.2) is 0 Å². The molecule has 1 aromatic rings. The number of carbonyl (C=O) groups is 1. The van der Waals surface area contributed by atoms with Crippen LogP contribution in [0.2, 0.25) is 0 Å². The highest BCUT2D eigenvalue weighted by Gasteiger charge is 2.24. The molecular weight excluding hydrogens is 254 g/mol. The molecule has 2 unspecified atom stereocenters. The molecule has 1 aliphatic rings. The third-order valence-electron chi connectivity index (χ3n) is 3.79. The number of nitrogens with two attached hydrogens (primary N) is 1. The second kappa shape index (κ2) is 6.72. The Morgan fingerprint density at radius 1 is 1.45 bits per heavy atom. The molecule has 5 heteroatoms. The Hall–Kier alpha value is -1.59. The summed E-state index contributed by atoms with van der Waals surface area (Å²) in [6.07, 6.45) is 1.06. The maximum absolute atomic E-state index is 11.9. The fourth-order valence-electron chi connectivity index (χ4n) is 2.47. The molecule has 2 rings (SSSR count). The van der Waals surface area contributed by atoms with Crippen LogP contribution in [0.15, 0.2) is 24.3 Å². The molecule has 0 aliphatic carbocycles. The summed E-state index contributed by atoms with van der Waals surface area (Å²) >= 11 is 0. The van der Waals surface area contributed by atoms with Crippen molar-refractivity contribution in [3.05, 3.63) is 24.3 Å². The van der Waals surface area contributed by atoms with Gasteiger partial charge in [-0.25, -0.2) is 0 Å². The highest BCUT2D eigenvalue weighted by atomic mass is 16.3. The average molecular weight is 277 g/mol. The van der Waals surface area contributed by atoms with Gasteiger partial charge in [-0.3, -0.25) is 4.79 Å². The summed E-state index contributed by atoms with van der Waals surface area (Å²) in [5, 5.41) is 12.5. The standard InChI is InChI=1S/C15H23N3O2/c1-11-10-18(8-6-14(11)19)9-7-15(20)17-13-4-2-12(16)3-5-13/h2-5,11,14,19H,6-10,16H2,1H3,(H,17,20). The van der Waals surface area contributed by atoms with E-state index in [1.54, 1.807) is 24.3 Å². The minimum atomic E-state index is -0.199. The van der Waals surface area contributed by atoms with Crippen molar-refractivity contribution in [2.75, 3.05) is 30.7 Å². The molecule has 1 amide bonds. The Balaban J connectivity index is 1.74. The maximum atomic E-state index is 11.9. The van der Waals surface area contributed by atoms with Crippen molar-refractivity contribution in [3.63, 3.8) is 0 Å². The zero-order chi connectivity index (χ0) is 14.5. The number of likely N-dealkylation sites (tertiary alicyclic amines) is 1. The molecule has 20 heavy (non-hydrogen) atoms. The van der Waals surface area contributed by atoms with E-state index in [0.29, 0.717) is 12.1 Å². The number of anilines is 2. The molecule has 0 radical (unpaired) electrons. The van der Waals surface area contributed by atoms with Gasteiger partial charge in [-0.1, -0.05) is 6.92 Å². The summed E-state index contributed by atoms with van der Waals surface area (Å²) in [4.78, 5) is 14.1. The summed E-state index contributed by atoms with van der Waals surface area (Å²) in [7, 11) is 0. The van der Waals surface area contributed by atoms with E-state index >= 15 is 0 Å². The number of hydrogen-bond donors (Lipinski definition) is 3. The van der Waals surface area contributed by atoms with Crippen LogP contribution in [0.25, 0.3) is 0 Å². The minimum absolute atomic E-state index is 0.00791. The Bertz CT molecular complexity index is 447. The number of rotatable bonds is 4. The third kappa shape index (κ3) is 4.21. The van der Waals surface area contributed by atoms with Crippen molar-refractivity contribution in [2.45, 2.75) is 25.9 Å². The number of carbonyl (C=O) groups excluding carboxylic acids is 1. The summed E-state index contributed by atoms with van der Waals surface area (Å²) in [5.74, 6) is 0.289.